The fourth-order valence-electron chi connectivity index (χ4n) is 2.40. The van der Waals surface area contributed by atoms with Gasteiger partial charge in [0, 0.05) is 18.4 Å². The quantitative estimate of drug-likeness (QED) is 0.866. The van der Waals surface area contributed by atoms with Crippen LogP contribution in [-0.4, -0.2) is 11.0 Å². The maximum absolute atomic E-state index is 9.15. The average molecular weight is 229 g/mol. The number of rotatable bonds is 3. The molecule has 3 heteroatoms. The van der Waals surface area contributed by atoms with Gasteiger partial charge in [-0.3, -0.25) is 10.3 Å². The molecule has 90 valence electrons. The minimum Gasteiger partial charge on any atom is -0.295 e. The molecule has 0 bridgehead atoms. The van der Waals surface area contributed by atoms with E-state index in [0.29, 0.717) is 12.0 Å². The lowest BCUT2D eigenvalue weighted by Gasteiger charge is -2.29. The Hall–Kier alpha value is -1.40. The molecule has 1 aromatic rings. The van der Waals surface area contributed by atoms with Crippen LogP contribution in [0.5, 0.6) is 0 Å². The van der Waals surface area contributed by atoms with E-state index in [4.69, 9.17) is 5.26 Å². The predicted octanol–water partition coefficient (Wildman–Crippen LogP) is 2.60. The monoisotopic (exact) mass is 229 g/mol. The maximum Gasteiger partial charge on any atom is 0.0980 e. The number of aryl methyl sites for hydroxylation is 1. The van der Waals surface area contributed by atoms with Gasteiger partial charge in [-0.05, 0) is 42.4 Å². The Morgan fingerprint density at radius 1 is 1.53 bits per heavy atom. The Morgan fingerprint density at radius 2 is 2.35 bits per heavy atom. The molecule has 1 aliphatic rings. The summed E-state index contributed by atoms with van der Waals surface area (Å²) in [4.78, 5) is 4.20. The molecule has 2 rings (SSSR count). The Bertz CT molecular complexity index is 420. The van der Waals surface area contributed by atoms with Crippen molar-refractivity contribution in [2.45, 2.75) is 45.2 Å². The summed E-state index contributed by atoms with van der Waals surface area (Å²) in [6.45, 7) is 4.15. The van der Waals surface area contributed by atoms with Crippen LogP contribution in [0, 0.1) is 17.2 Å². The lowest BCUT2D eigenvalue weighted by atomic mass is 9.88. The minimum absolute atomic E-state index is 0.0776. The molecule has 3 nitrogen and oxygen atoms in total. The van der Waals surface area contributed by atoms with E-state index in [1.807, 2.05) is 12.4 Å². The summed E-state index contributed by atoms with van der Waals surface area (Å²) >= 11 is 0. The van der Waals surface area contributed by atoms with Crippen molar-refractivity contribution in [1.82, 2.24) is 10.3 Å². The third-order valence-electron chi connectivity index (χ3n) is 3.45. The van der Waals surface area contributed by atoms with Crippen LogP contribution in [-0.2, 0) is 6.42 Å². The number of aromatic nitrogens is 1. The number of pyridine rings is 1. The van der Waals surface area contributed by atoms with Crippen molar-refractivity contribution in [3.63, 3.8) is 0 Å². The van der Waals surface area contributed by atoms with Crippen LogP contribution in [0.4, 0.5) is 0 Å². The molecule has 0 saturated heterocycles. The summed E-state index contributed by atoms with van der Waals surface area (Å²) in [5.41, 5.74) is 2.66. The molecule has 1 aromatic heterocycles. The summed E-state index contributed by atoms with van der Waals surface area (Å²) in [6, 6.07) is 4.66. The van der Waals surface area contributed by atoms with Crippen LogP contribution in [0.15, 0.2) is 18.5 Å². The molecule has 0 radical (unpaired) electrons. The number of hydrogen-bond donors (Lipinski definition) is 1. The number of nitriles is 1. The van der Waals surface area contributed by atoms with E-state index in [2.05, 4.69) is 36.3 Å². The van der Waals surface area contributed by atoms with Crippen molar-refractivity contribution in [3.05, 3.63) is 29.6 Å². The van der Waals surface area contributed by atoms with Crippen molar-refractivity contribution in [3.8, 4) is 6.07 Å². The molecule has 1 N–H and O–H groups in total. The van der Waals surface area contributed by atoms with Gasteiger partial charge in [0.25, 0.3) is 0 Å². The Morgan fingerprint density at radius 3 is 3.06 bits per heavy atom. The van der Waals surface area contributed by atoms with E-state index in [-0.39, 0.29) is 6.04 Å². The Kier molecular flexibility index (Phi) is 3.75. The van der Waals surface area contributed by atoms with Gasteiger partial charge in [0.1, 0.15) is 0 Å². The molecule has 2 unspecified atom stereocenters. The lowest BCUT2D eigenvalue weighted by Crippen LogP contribution is -2.37. The van der Waals surface area contributed by atoms with Gasteiger partial charge in [0.05, 0.1) is 12.1 Å². The standard InChI is InChI=1S/C14H19N3/c1-10(2)14(8-15)17-13-5-3-4-11-6-7-16-9-12(11)13/h6-7,9-10,13-14,17H,3-5H2,1-2H3. The van der Waals surface area contributed by atoms with Gasteiger partial charge < -0.3 is 0 Å². The average Bonchev–Trinajstić information content (AvgIpc) is 2.35. The van der Waals surface area contributed by atoms with E-state index in [1.165, 1.54) is 17.5 Å². The number of hydrogen-bond acceptors (Lipinski definition) is 3. The minimum atomic E-state index is -0.0776. The molecule has 0 saturated carbocycles. The van der Waals surface area contributed by atoms with Crippen molar-refractivity contribution >= 4 is 0 Å². The fraction of sp³-hybridized carbons (Fsp3) is 0.571. The topological polar surface area (TPSA) is 48.7 Å². The summed E-state index contributed by atoms with van der Waals surface area (Å²) < 4.78 is 0. The lowest BCUT2D eigenvalue weighted by molar-refractivity contribution is 0.379. The SMILES string of the molecule is CC(C)C(C#N)NC1CCCc2ccncc21. The van der Waals surface area contributed by atoms with Gasteiger partial charge >= 0.3 is 0 Å². The molecule has 0 spiro atoms. The second kappa shape index (κ2) is 5.29. The number of fused-ring (bicyclic) bond motifs is 1. The van der Waals surface area contributed by atoms with Gasteiger partial charge in [0.2, 0.25) is 0 Å². The van der Waals surface area contributed by atoms with Gasteiger partial charge in [-0.1, -0.05) is 13.8 Å². The van der Waals surface area contributed by atoms with Crippen LogP contribution in [0.25, 0.3) is 0 Å². The van der Waals surface area contributed by atoms with E-state index >= 15 is 0 Å². The van der Waals surface area contributed by atoms with E-state index in [1.54, 1.807) is 0 Å². The van der Waals surface area contributed by atoms with E-state index in [9.17, 15) is 0 Å². The third-order valence-corrected chi connectivity index (χ3v) is 3.45. The number of nitrogens with zero attached hydrogens (tertiary/aromatic N) is 2. The second-order valence-corrected chi connectivity index (χ2v) is 5.04. The van der Waals surface area contributed by atoms with Crippen molar-refractivity contribution < 1.29 is 0 Å². The van der Waals surface area contributed by atoms with Crippen LogP contribution < -0.4 is 5.32 Å². The summed E-state index contributed by atoms with van der Waals surface area (Å²) in [7, 11) is 0. The highest BCUT2D eigenvalue weighted by molar-refractivity contribution is 5.29. The molecule has 0 amide bonds. The van der Waals surface area contributed by atoms with Crippen molar-refractivity contribution in [1.29, 1.82) is 5.26 Å². The summed E-state index contributed by atoms with van der Waals surface area (Å²) in [6.07, 6.45) is 7.22. The van der Waals surface area contributed by atoms with Crippen LogP contribution >= 0.6 is 0 Å². The molecular formula is C14H19N3. The molecule has 1 aliphatic carbocycles. The molecule has 0 fully saturated rings. The Balaban J connectivity index is 2.16. The highest BCUT2D eigenvalue weighted by Gasteiger charge is 2.23. The van der Waals surface area contributed by atoms with Crippen molar-refractivity contribution in [2.75, 3.05) is 0 Å². The predicted molar refractivity (Wildman–Crippen MR) is 67.3 cm³/mol. The zero-order valence-electron chi connectivity index (χ0n) is 10.5. The van der Waals surface area contributed by atoms with Crippen molar-refractivity contribution in [2.24, 2.45) is 5.92 Å². The van der Waals surface area contributed by atoms with Gasteiger partial charge in [-0.15, -0.1) is 0 Å². The molecule has 2 atom stereocenters. The molecule has 0 aliphatic heterocycles. The first-order valence-electron chi connectivity index (χ1n) is 6.31. The second-order valence-electron chi connectivity index (χ2n) is 5.04. The van der Waals surface area contributed by atoms with E-state index in [0.717, 1.165) is 12.8 Å². The van der Waals surface area contributed by atoms with Gasteiger partial charge in [-0.25, -0.2) is 0 Å². The largest absolute Gasteiger partial charge is 0.295 e. The first-order chi connectivity index (χ1) is 8.22. The molecule has 1 heterocycles. The summed E-state index contributed by atoms with van der Waals surface area (Å²) in [5.74, 6) is 0.335. The number of nitrogens with one attached hydrogen (secondary N) is 1. The third kappa shape index (κ3) is 2.65. The zero-order valence-corrected chi connectivity index (χ0v) is 10.5. The first kappa shape index (κ1) is 12.1. The maximum atomic E-state index is 9.15. The highest BCUT2D eigenvalue weighted by Crippen LogP contribution is 2.29. The first-order valence-corrected chi connectivity index (χ1v) is 6.31. The van der Waals surface area contributed by atoms with Crippen LogP contribution in [0.2, 0.25) is 0 Å². The summed E-state index contributed by atoms with van der Waals surface area (Å²) in [5, 5.41) is 12.6. The van der Waals surface area contributed by atoms with E-state index < -0.39 is 0 Å². The highest BCUT2D eigenvalue weighted by atomic mass is 15.0. The van der Waals surface area contributed by atoms with Gasteiger partial charge in [-0.2, -0.15) is 5.26 Å². The molecule has 0 aromatic carbocycles. The smallest absolute Gasteiger partial charge is 0.0980 e. The van der Waals surface area contributed by atoms with Gasteiger partial charge in [0.15, 0.2) is 0 Å². The van der Waals surface area contributed by atoms with Crippen LogP contribution in [0.1, 0.15) is 43.9 Å². The fourth-order valence-corrected chi connectivity index (χ4v) is 2.40. The molecule has 17 heavy (non-hydrogen) atoms. The normalized spacial score (nSPS) is 20.7. The van der Waals surface area contributed by atoms with Crippen LogP contribution in [0.3, 0.4) is 0 Å². The molecular weight excluding hydrogens is 210 g/mol. The zero-order chi connectivity index (χ0) is 12.3. The Labute approximate surface area is 103 Å².